The highest BCUT2D eigenvalue weighted by atomic mass is 16.2. The van der Waals surface area contributed by atoms with Crippen LogP contribution in [0, 0.1) is 11.8 Å². The Balaban J connectivity index is 1.63. The number of anilines is 1. The van der Waals surface area contributed by atoms with Crippen LogP contribution in [0.1, 0.15) is 44.0 Å². The molecule has 2 aromatic heterocycles. The van der Waals surface area contributed by atoms with Crippen molar-refractivity contribution in [2.75, 3.05) is 18.8 Å². The molecule has 0 bridgehead atoms. The second-order valence-electron chi connectivity index (χ2n) is 8.75. The molecule has 3 N–H and O–H groups in total. The molecule has 1 aliphatic heterocycles. The van der Waals surface area contributed by atoms with Crippen molar-refractivity contribution in [1.29, 1.82) is 0 Å². The van der Waals surface area contributed by atoms with Gasteiger partial charge in [0, 0.05) is 19.6 Å². The summed E-state index contributed by atoms with van der Waals surface area (Å²) >= 11 is 0. The second kappa shape index (κ2) is 9.43. The zero-order valence-electron chi connectivity index (χ0n) is 19.1. The number of hydrogen-bond acceptors (Lipinski definition) is 6. The monoisotopic (exact) mass is 443 g/mol. The van der Waals surface area contributed by atoms with Crippen molar-refractivity contribution >= 4 is 22.8 Å². The molecule has 4 rings (SSSR count). The van der Waals surface area contributed by atoms with Crippen molar-refractivity contribution in [2.24, 2.45) is 0 Å². The number of nitrogens with one attached hydrogen (secondary N) is 1. The third kappa shape index (κ3) is 5.04. The van der Waals surface area contributed by atoms with E-state index in [1.807, 2.05) is 36.7 Å². The molecule has 3 aromatic rings. The summed E-state index contributed by atoms with van der Waals surface area (Å²) < 4.78 is 1.85. The van der Waals surface area contributed by atoms with Crippen LogP contribution in [-0.2, 0) is 11.3 Å². The first-order chi connectivity index (χ1) is 15.9. The quantitative estimate of drug-likeness (QED) is 0.464. The maximum absolute atomic E-state index is 12.1. The molecule has 3 heterocycles. The summed E-state index contributed by atoms with van der Waals surface area (Å²) in [6.45, 7) is 9.63. The maximum atomic E-state index is 12.1. The van der Waals surface area contributed by atoms with Gasteiger partial charge in [-0.1, -0.05) is 42.8 Å². The molecule has 33 heavy (non-hydrogen) atoms. The first kappa shape index (κ1) is 22.5. The highest BCUT2D eigenvalue weighted by Crippen LogP contribution is 2.28. The van der Waals surface area contributed by atoms with Gasteiger partial charge in [-0.25, -0.2) is 14.6 Å². The normalized spacial score (nSPS) is 16.3. The molecule has 0 radical (unpaired) electrons. The van der Waals surface area contributed by atoms with Gasteiger partial charge in [-0.2, -0.15) is 5.10 Å². The van der Waals surface area contributed by atoms with Crippen molar-refractivity contribution in [3.05, 3.63) is 60.6 Å². The van der Waals surface area contributed by atoms with Gasteiger partial charge in [-0.3, -0.25) is 10.1 Å². The van der Waals surface area contributed by atoms with E-state index in [1.54, 1.807) is 4.90 Å². The third-order valence-electron chi connectivity index (χ3n) is 5.82. The number of amides is 1. The largest absolute Gasteiger partial charge is 0.383 e. The van der Waals surface area contributed by atoms with E-state index >= 15 is 0 Å². The number of carbonyl (C=O) groups excluding carboxylic acids is 1. The fourth-order valence-electron chi connectivity index (χ4n) is 4.00. The molecule has 1 amide bonds. The Hall–Kier alpha value is -3.70. The van der Waals surface area contributed by atoms with E-state index < -0.39 is 5.54 Å². The maximum Gasteiger partial charge on any atom is 0.246 e. The number of aromatic nitrogens is 4. The average Bonchev–Trinajstić information content (AvgIpc) is 3.22. The summed E-state index contributed by atoms with van der Waals surface area (Å²) in [4.78, 5) is 22.5. The van der Waals surface area contributed by atoms with Gasteiger partial charge in [0.2, 0.25) is 5.91 Å². The SMILES string of the molecule is C=CC(=O)N1CCCC(n2nc(C#CC(C)(C)NCc3ccccc3)c3c(N)ncnc32)C1. The van der Waals surface area contributed by atoms with Gasteiger partial charge in [0.15, 0.2) is 5.65 Å². The summed E-state index contributed by atoms with van der Waals surface area (Å²) in [6.07, 6.45) is 4.56. The van der Waals surface area contributed by atoms with E-state index in [9.17, 15) is 4.79 Å². The molecular weight excluding hydrogens is 414 g/mol. The van der Waals surface area contributed by atoms with Crippen molar-refractivity contribution in [2.45, 2.75) is 44.8 Å². The lowest BCUT2D eigenvalue weighted by molar-refractivity contribution is -0.127. The number of benzene rings is 1. The molecular formula is C25H29N7O. The Kier molecular flexibility index (Phi) is 6.43. The third-order valence-corrected chi connectivity index (χ3v) is 5.82. The van der Waals surface area contributed by atoms with Gasteiger partial charge in [0.1, 0.15) is 17.8 Å². The molecule has 170 valence electrons. The predicted molar refractivity (Wildman–Crippen MR) is 129 cm³/mol. The Morgan fingerprint density at radius 3 is 2.88 bits per heavy atom. The molecule has 1 aromatic carbocycles. The smallest absolute Gasteiger partial charge is 0.246 e. The van der Waals surface area contributed by atoms with E-state index in [1.165, 1.54) is 18.0 Å². The van der Waals surface area contributed by atoms with Crippen molar-refractivity contribution in [3.8, 4) is 11.8 Å². The molecule has 8 heteroatoms. The number of nitrogen functional groups attached to an aromatic ring is 1. The molecule has 1 aliphatic rings. The lowest BCUT2D eigenvalue weighted by Gasteiger charge is -2.32. The molecule has 1 unspecified atom stereocenters. The number of fused-ring (bicyclic) bond motifs is 1. The number of carbonyl (C=O) groups is 1. The summed E-state index contributed by atoms with van der Waals surface area (Å²) in [5.41, 5.74) is 8.13. The highest BCUT2D eigenvalue weighted by Gasteiger charge is 2.27. The van der Waals surface area contributed by atoms with Gasteiger partial charge in [-0.05, 0) is 44.2 Å². The van der Waals surface area contributed by atoms with Crippen LogP contribution >= 0.6 is 0 Å². The van der Waals surface area contributed by atoms with Gasteiger partial charge in [-0.15, -0.1) is 0 Å². The fourth-order valence-corrected chi connectivity index (χ4v) is 4.00. The summed E-state index contributed by atoms with van der Waals surface area (Å²) in [5.74, 6) is 6.77. The number of piperidine rings is 1. The predicted octanol–water partition coefficient (Wildman–Crippen LogP) is 2.68. The molecule has 1 atom stereocenters. The number of nitrogens with zero attached hydrogens (tertiary/aromatic N) is 5. The van der Waals surface area contributed by atoms with Crippen LogP contribution in [0.4, 0.5) is 5.82 Å². The van der Waals surface area contributed by atoms with Crippen LogP contribution in [0.25, 0.3) is 11.0 Å². The van der Waals surface area contributed by atoms with Gasteiger partial charge in [0.05, 0.1) is 17.0 Å². The van der Waals surface area contributed by atoms with Crippen LogP contribution in [0.5, 0.6) is 0 Å². The Labute approximate surface area is 193 Å². The van der Waals surface area contributed by atoms with Crippen LogP contribution in [0.3, 0.4) is 0 Å². The minimum Gasteiger partial charge on any atom is -0.383 e. The summed E-state index contributed by atoms with van der Waals surface area (Å²) in [5, 5.41) is 8.91. The minimum absolute atomic E-state index is 0.0146. The number of likely N-dealkylation sites (tertiary alicyclic amines) is 1. The zero-order chi connectivity index (χ0) is 23.4. The average molecular weight is 444 g/mol. The van der Waals surface area contributed by atoms with Crippen molar-refractivity contribution in [3.63, 3.8) is 0 Å². The van der Waals surface area contributed by atoms with E-state index in [0.717, 1.165) is 12.8 Å². The first-order valence-corrected chi connectivity index (χ1v) is 11.1. The topological polar surface area (TPSA) is 102 Å². The summed E-state index contributed by atoms with van der Waals surface area (Å²) in [7, 11) is 0. The van der Waals surface area contributed by atoms with Crippen molar-refractivity contribution in [1.82, 2.24) is 30.0 Å². The Bertz CT molecular complexity index is 1220. The number of nitrogens with two attached hydrogens (primary N) is 1. The van der Waals surface area contributed by atoms with Gasteiger partial charge >= 0.3 is 0 Å². The fraction of sp³-hybridized carbons (Fsp3) is 0.360. The molecule has 0 spiro atoms. The zero-order valence-corrected chi connectivity index (χ0v) is 19.1. The van der Waals surface area contributed by atoms with Crippen LogP contribution in [-0.4, -0.2) is 49.2 Å². The summed E-state index contributed by atoms with van der Waals surface area (Å²) in [6, 6.07) is 10.2. The standard InChI is InChI=1S/C25H29N7O/c1-4-21(33)31-14-8-11-19(16-31)32-24-22(23(26)27-17-28-24)20(30-32)12-13-25(2,3)29-15-18-9-6-5-7-10-18/h4-7,9-10,17,19,29H,1,8,11,14-16H2,2-3H3,(H2,26,27,28). The van der Waals surface area contributed by atoms with Crippen LogP contribution < -0.4 is 11.1 Å². The van der Waals surface area contributed by atoms with E-state index in [-0.39, 0.29) is 11.9 Å². The molecule has 8 nitrogen and oxygen atoms in total. The van der Waals surface area contributed by atoms with Crippen LogP contribution in [0.2, 0.25) is 0 Å². The Morgan fingerprint density at radius 2 is 2.12 bits per heavy atom. The van der Waals surface area contributed by atoms with Crippen LogP contribution in [0.15, 0.2) is 49.3 Å². The highest BCUT2D eigenvalue weighted by molar-refractivity contribution is 5.90. The minimum atomic E-state index is -0.450. The van der Waals surface area contributed by atoms with Gasteiger partial charge < -0.3 is 10.6 Å². The lowest BCUT2D eigenvalue weighted by Crippen LogP contribution is -2.40. The lowest BCUT2D eigenvalue weighted by atomic mass is 10.1. The van der Waals surface area contributed by atoms with Crippen molar-refractivity contribution < 1.29 is 4.79 Å². The molecule has 0 saturated carbocycles. The number of hydrogen-bond donors (Lipinski definition) is 2. The molecule has 0 aliphatic carbocycles. The van der Waals surface area contributed by atoms with E-state index in [4.69, 9.17) is 10.8 Å². The Morgan fingerprint density at radius 1 is 1.33 bits per heavy atom. The second-order valence-corrected chi connectivity index (χ2v) is 8.75. The van der Waals surface area contributed by atoms with Gasteiger partial charge in [0.25, 0.3) is 0 Å². The van der Waals surface area contributed by atoms with E-state index in [0.29, 0.717) is 42.2 Å². The molecule has 1 fully saturated rings. The molecule has 1 saturated heterocycles. The van der Waals surface area contributed by atoms with E-state index in [2.05, 4.69) is 45.8 Å². The first-order valence-electron chi connectivity index (χ1n) is 11.1. The number of rotatable bonds is 5.